The van der Waals surface area contributed by atoms with Crippen LogP contribution in [0.2, 0.25) is 0 Å². The van der Waals surface area contributed by atoms with Gasteiger partial charge in [-0.05, 0) is 18.2 Å². The third kappa shape index (κ3) is 3.22. The lowest BCUT2D eigenvalue weighted by molar-refractivity contribution is -0.144. The standard InChI is InChI=1S/C10H12N2O3/c1-2-10(13)15-6-14-9-4-3-7(11)5-8(9)12/h2-5H,1,6,11-12H2. The fourth-order valence-corrected chi connectivity index (χ4v) is 0.908. The molecule has 0 aliphatic heterocycles. The minimum atomic E-state index is -0.552. The second-order valence-corrected chi connectivity index (χ2v) is 2.73. The molecule has 0 unspecified atom stereocenters. The van der Waals surface area contributed by atoms with Crippen LogP contribution in [0.25, 0.3) is 0 Å². The molecule has 5 nitrogen and oxygen atoms in total. The van der Waals surface area contributed by atoms with Crippen LogP contribution >= 0.6 is 0 Å². The van der Waals surface area contributed by atoms with E-state index in [1.54, 1.807) is 18.2 Å². The molecule has 1 rings (SSSR count). The van der Waals surface area contributed by atoms with Gasteiger partial charge < -0.3 is 20.9 Å². The number of carbonyl (C=O) groups is 1. The highest BCUT2D eigenvalue weighted by atomic mass is 16.7. The summed E-state index contributed by atoms with van der Waals surface area (Å²) in [4.78, 5) is 10.7. The number of hydrogen-bond donors (Lipinski definition) is 2. The maximum absolute atomic E-state index is 10.7. The van der Waals surface area contributed by atoms with Crippen molar-refractivity contribution >= 4 is 17.3 Å². The van der Waals surface area contributed by atoms with Crippen molar-refractivity contribution in [2.45, 2.75) is 0 Å². The third-order valence-corrected chi connectivity index (χ3v) is 1.62. The average Bonchev–Trinajstić information content (AvgIpc) is 2.21. The van der Waals surface area contributed by atoms with Gasteiger partial charge in [-0.1, -0.05) is 6.58 Å². The zero-order valence-corrected chi connectivity index (χ0v) is 8.10. The van der Waals surface area contributed by atoms with Crippen molar-refractivity contribution in [3.8, 4) is 5.75 Å². The number of nitrogen functional groups attached to an aromatic ring is 2. The van der Waals surface area contributed by atoms with Gasteiger partial charge >= 0.3 is 5.97 Å². The van der Waals surface area contributed by atoms with Crippen LogP contribution in [0.4, 0.5) is 11.4 Å². The molecule has 0 spiro atoms. The highest BCUT2D eigenvalue weighted by molar-refractivity contribution is 5.81. The Morgan fingerprint density at radius 3 is 2.80 bits per heavy atom. The molecule has 0 atom stereocenters. The summed E-state index contributed by atoms with van der Waals surface area (Å²) in [6.07, 6.45) is 1.05. The van der Waals surface area contributed by atoms with Crippen LogP contribution < -0.4 is 16.2 Å². The first-order chi connectivity index (χ1) is 7.13. The minimum absolute atomic E-state index is 0.209. The Kier molecular flexibility index (Phi) is 3.56. The third-order valence-electron chi connectivity index (χ3n) is 1.62. The van der Waals surface area contributed by atoms with Gasteiger partial charge in [0.1, 0.15) is 5.75 Å². The van der Waals surface area contributed by atoms with Crippen LogP contribution in [0.15, 0.2) is 30.9 Å². The Morgan fingerprint density at radius 2 is 2.20 bits per heavy atom. The summed E-state index contributed by atoms with van der Waals surface area (Å²) in [5, 5.41) is 0. The van der Waals surface area contributed by atoms with Crippen molar-refractivity contribution in [2.24, 2.45) is 0 Å². The number of rotatable bonds is 4. The molecule has 80 valence electrons. The first kappa shape index (κ1) is 10.9. The van der Waals surface area contributed by atoms with Crippen molar-refractivity contribution in [2.75, 3.05) is 18.3 Å². The van der Waals surface area contributed by atoms with Gasteiger partial charge in [-0.3, -0.25) is 0 Å². The van der Waals surface area contributed by atoms with E-state index in [9.17, 15) is 4.79 Å². The first-order valence-electron chi connectivity index (χ1n) is 4.20. The fraction of sp³-hybridized carbons (Fsp3) is 0.100. The number of anilines is 2. The minimum Gasteiger partial charge on any atom is -0.455 e. The SMILES string of the molecule is C=CC(=O)OCOc1ccc(N)cc1N. The Bertz CT molecular complexity index is 377. The number of ether oxygens (including phenoxy) is 2. The molecular weight excluding hydrogens is 196 g/mol. The number of nitrogens with two attached hydrogens (primary N) is 2. The summed E-state index contributed by atoms with van der Waals surface area (Å²) >= 11 is 0. The van der Waals surface area contributed by atoms with Gasteiger partial charge in [-0.2, -0.15) is 0 Å². The molecule has 0 saturated heterocycles. The van der Waals surface area contributed by atoms with Crippen molar-refractivity contribution in [3.05, 3.63) is 30.9 Å². The van der Waals surface area contributed by atoms with E-state index < -0.39 is 5.97 Å². The predicted molar refractivity (Wildman–Crippen MR) is 57.1 cm³/mol. The van der Waals surface area contributed by atoms with Crippen LogP contribution in [-0.2, 0) is 9.53 Å². The van der Waals surface area contributed by atoms with Crippen molar-refractivity contribution < 1.29 is 14.3 Å². The largest absolute Gasteiger partial charge is 0.455 e. The summed E-state index contributed by atoms with van der Waals surface area (Å²) in [6.45, 7) is 3.03. The zero-order valence-electron chi connectivity index (χ0n) is 8.10. The number of esters is 1. The monoisotopic (exact) mass is 208 g/mol. The molecule has 0 aliphatic carbocycles. The predicted octanol–water partition coefficient (Wildman–Crippen LogP) is 0.916. The number of benzene rings is 1. The fourth-order valence-electron chi connectivity index (χ4n) is 0.908. The Labute approximate surface area is 87.3 Å². The summed E-state index contributed by atoms with van der Waals surface area (Å²) in [5.74, 6) is -0.134. The summed E-state index contributed by atoms with van der Waals surface area (Å²) in [7, 11) is 0. The quantitative estimate of drug-likeness (QED) is 0.332. The molecule has 0 heterocycles. The van der Waals surface area contributed by atoms with Crippen molar-refractivity contribution in [1.82, 2.24) is 0 Å². The molecule has 0 saturated carbocycles. The molecule has 0 aromatic heterocycles. The van der Waals surface area contributed by atoms with Crippen molar-refractivity contribution in [3.63, 3.8) is 0 Å². The van der Waals surface area contributed by atoms with Gasteiger partial charge in [-0.25, -0.2) is 4.79 Å². The van der Waals surface area contributed by atoms with E-state index in [0.29, 0.717) is 17.1 Å². The molecule has 1 aromatic rings. The van der Waals surface area contributed by atoms with Gasteiger partial charge in [-0.15, -0.1) is 0 Å². The normalized spacial score (nSPS) is 9.33. The number of carbonyl (C=O) groups excluding carboxylic acids is 1. The van der Waals surface area contributed by atoms with Crippen molar-refractivity contribution in [1.29, 1.82) is 0 Å². The smallest absolute Gasteiger partial charge is 0.333 e. The van der Waals surface area contributed by atoms with Crippen LogP contribution in [-0.4, -0.2) is 12.8 Å². The molecule has 0 radical (unpaired) electrons. The molecule has 4 N–H and O–H groups in total. The van der Waals surface area contributed by atoms with Gasteiger partial charge in [0.05, 0.1) is 5.69 Å². The zero-order chi connectivity index (χ0) is 11.3. The Hall–Kier alpha value is -2.17. The summed E-state index contributed by atoms with van der Waals surface area (Å²) in [6, 6.07) is 4.80. The molecule has 5 heteroatoms. The topological polar surface area (TPSA) is 87.6 Å². The molecule has 0 bridgehead atoms. The van der Waals surface area contributed by atoms with Gasteiger partial charge in [0.15, 0.2) is 0 Å². The lowest BCUT2D eigenvalue weighted by Gasteiger charge is -2.08. The van der Waals surface area contributed by atoms with Gasteiger partial charge in [0, 0.05) is 11.8 Å². The second-order valence-electron chi connectivity index (χ2n) is 2.73. The first-order valence-corrected chi connectivity index (χ1v) is 4.20. The van der Waals surface area contributed by atoms with E-state index >= 15 is 0 Å². The van der Waals surface area contributed by atoms with E-state index in [4.69, 9.17) is 16.2 Å². The van der Waals surface area contributed by atoms with E-state index in [1.165, 1.54) is 0 Å². The molecule has 15 heavy (non-hydrogen) atoms. The maximum Gasteiger partial charge on any atom is 0.333 e. The maximum atomic E-state index is 10.7. The highest BCUT2D eigenvalue weighted by Gasteiger charge is 2.01. The van der Waals surface area contributed by atoms with E-state index in [-0.39, 0.29) is 6.79 Å². The second kappa shape index (κ2) is 4.90. The molecule has 1 aromatic carbocycles. The Morgan fingerprint density at radius 1 is 1.47 bits per heavy atom. The highest BCUT2D eigenvalue weighted by Crippen LogP contribution is 2.23. The van der Waals surface area contributed by atoms with Crippen LogP contribution in [0.3, 0.4) is 0 Å². The lowest BCUT2D eigenvalue weighted by atomic mass is 10.2. The van der Waals surface area contributed by atoms with Crippen LogP contribution in [0, 0.1) is 0 Å². The molecular formula is C10H12N2O3. The lowest BCUT2D eigenvalue weighted by Crippen LogP contribution is -2.08. The molecule has 0 aliphatic rings. The molecule has 0 fully saturated rings. The average molecular weight is 208 g/mol. The van der Waals surface area contributed by atoms with Gasteiger partial charge in [0.25, 0.3) is 0 Å². The summed E-state index contributed by atoms with van der Waals surface area (Å²) < 4.78 is 9.71. The van der Waals surface area contributed by atoms with Crippen LogP contribution in [0.5, 0.6) is 5.75 Å². The molecule has 0 amide bonds. The van der Waals surface area contributed by atoms with Gasteiger partial charge in [0.2, 0.25) is 6.79 Å². The number of hydrogen-bond acceptors (Lipinski definition) is 5. The summed E-state index contributed by atoms with van der Waals surface area (Å²) in [5.41, 5.74) is 12.0. The van der Waals surface area contributed by atoms with E-state index in [0.717, 1.165) is 6.08 Å². The Balaban J connectivity index is 2.51. The van der Waals surface area contributed by atoms with E-state index in [1.807, 2.05) is 0 Å². The van der Waals surface area contributed by atoms with Crippen LogP contribution in [0.1, 0.15) is 0 Å². The van der Waals surface area contributed by atoms with E-state index in [2.05, 4.69) is 11.3 Å².